The Labute approximate surface area is 229 Å². The van der Waals surface area contributed by atoms with Crippen molar-refractivity contribution in [2.45, 2.75) is 63.3 Å². The quantitative estimate of drug-likeness (QED) is 0.170. The van der Waals surface area contributed by atoms with Crippen LogP contribution in [0.2, 0.25) is 0 Å². The van der Waals surface area contributed by atoms with Gasteiger partial charge in [0.1, 0.15) is 5.75 Å². The SMILES string of the molecule is C=CCCCCCCCCC1Oc2ccccc2C(c2cccc(N(C)C)c2)(c2cccc(N(C)C)c2)O1. The summed E-state index contributed by atoms with van der Waals surface area (Å²) in [5, 5.41) is 0. The van der Waals surface area contributed by atoms with E-state index in [0.717, 1.165) is 53.1 Å². The summed E-state index contributed by atoms with van der Waals surface area (Å²) in [5.74, 6) is 0.902. The summed E-state index contributed by atoms with van der Waals surface area (Å²) in [4.78, 5) is 4.29. The zero-order valence-electron chi connectivity index (χ0n) is 23.7. The Bertz CT molecular complexity index is 1130. The number of para-hydroxylation sites is 1. The third-order valence-corrected chi connectivity index (χ3v) is 7.47. The first-order valence-corrected chi connectivity index (χ1v) is 14.1. The Kier molecular flexibility index (Phi) is 9.52. The molecule has 3 aromatic carbocycles. The van der Waals surface area contributed by atoms with Gasteiger partial charge in [-0.2, -0.15) is 0 Å². The molecule has 3 aromatic rings. The van der Waals surface area contributed by atoms with Crippen LogP contribution in [-0.2, 0) is 10.3 Å². The van der Waals surface area contributed by atoms with E-state index in [1.165, 1.54) is 32.1 Å². The Balaban J connectivity index is 1.70. The molecule has 0 saturated heterocycles. The van der Waals surface area contributed by atoms with E-state index in [-0.39, 0.29) is 6.29 Å². The van der Waals surface area contributed by atoms with E-state index in [4.69, 9.17) is 9.47 Å². The van der Waals surface area contributed by atoms with Gasteiger partial charge in [-0.3, -0.25) is 0 Å². The number of hydrogen-bond acceptors (Lipinski definition) is 4. The van der Waals surface area contributed by atoms with Crippen molar-refractivity contribution >= 4 is 11.4 Å². The van der Waals surface area contributed by atoms with Gasteiger partial charge in [0.15, 0.2) is 5.60 Å². The molecule has 1 atom stereocenters. The Morgan fingerprint density at radius 1 is 0.737 bits per heavy atom. The molecule has 4 rings (SSSR count). The van der Waals surface area contributed by atoms with E-state index in [1.54, 1.807) is 0 Å². The highest BCUT2D eigenvalue weighted by molar-refractivity contribution is 5.60. The molecule has 202 valence electrons. The largest absolute Gasteiger partial charge is 0.464 e. The highest BCUT2D eigenvalue weighted by Crippen LogP contribution is 2.49. The highest BCUT2D eigenvalue weighted by Gasteiger charge is 2.46. The minimum Gasteiger partial charge on any atom is -0.464 e. The second kappa shape index (κ2) is 13.0. The van der Waals surface area contributed by atoms with Crippen LogP contribution in [0, 0.1) is 0 Å². The molecular formula is C34H44N2O2. The van der Waals surface area contributed by atoms with Crippen LogP contribution in [0.15, 0.2) is 85.5 Å². The lowest BCUT2D eigenvalue weighted by Crippen LogP contribution is -2.43. The summed E-state index contributed by atoms with van der Waals surface area (Å²) >= 11 is 0. The van der Waals surface area contributed by atoms with E-state index >= 15 is 0 Å². The number of nitrogens with zero attached hydrogens (tertiary/aromatic N) is 2. The van der Waals surface area contributed by atoms with Crippen molar-refractivity contribution in [2.24, 2.45) is 0 Å². The zero-order chi connectivity index (χ0) is 27.0. The predicted molar refractivity (Wildman–Crippen MR) is 160 cm³/mol. The minimum atomic E-state index is -0.776. The van der Waals surface area contributed by atoms with Gasteiger partial charge in [-0.1, -0.05) is 74.2 Å². The topological polar surface area (TPSA) is 24.9 Å². The van der Waals surface area contributed by atoms with Gasteiger partial charge in [-0.15, -0.1) is 6.58 Å². The summed E-state index contributed by atoms with van der Waals surface area (Å²) < 4.78 is 13.6. The van der Waals surface area contributed by atoms with Crippen LogP contribution in [0.4, 0.5) is 11.4 Å². The Morgan fingerprint density at radius 2 is 1.32 bits per heavy atom. The van der Waals surface area contributed by atoms with Gasteiger partial charge in [0.25, 0.3) is 0 Å². The van der Waals surface area contributed by atoms with E-state index in [9.17, 15) is 0 Å². The lowest BCUT2D eigenvalue weighted by atomic mass is 9.78. The van der Waals surface area contributed by atoms with Gasteiger partial charge < -0.3 is 19.3 Å². The molecular weight excluding hydrogens is 468 g/mol. The maximum absolute atomic E-state index is 7.13. The average molecular weight is 513 g/mol. The molecule has 0 aromatic heterocycles. The van der Waals surface area contributed by atoms with Crippen LogP contribution in [0.1, 0.15) is 68.1 Å². The van der Waals surface area contributed by atoms with Crippen LogP contribution >= 0.6 is 0 Å². The summed E-state index contributed by atoms with van der Waals surface area (Å²) in [5.41, 5.74) is 4.79. The van der Waals surface area contributed by atoms with E-state index in [0.29, 0.717) is 0 Å². The molecule has 38 heavy (non-hydrogen) atoms. The monoisotopic (exact) mass is 512 g/mol. The van der Waals surface area contributed by atoms with E-state index < -0.39 is 5.60 Å². The van der Waals surface area contributed by atoms with E-state index in [1.807, 2.05) is 6.08 Å². The molecule has 4 heteroatoms. The summed E-state index contributed by atoms with van der Waals surface area (Å²) in [6, 6.07) is 25.8. The number of benzene rings is 3. The fourth-order valence-electron chi connectivity index (χ4n) is 5.33. The minimum absolute atomic E-state index is 0.323. The smallest absolute Gasteiger partial charge is 0.201 e. The summed E-state index contributed by atoms with van der Waals surface area (Å²) in [6.45, 7) is 3.83. The van der Waals surface area contributed by atoms with Crippen molar-refractivity contribution in [3.8, 4) is 5.75 Å². The Hall–Kier alpha value is -3.24. The predicted octanol–water partition coefficient (Wildman–Crippen LogP) is 8.15. The third kappa shape index (κ3) is 6.24. The standard InChI is InChI=1S/C34H44N2O2/c1-6-7-8-9-10-11-12-13-24-33-37-32-23-15-14-22-31(32)34(38-33,27-18-16-20-29(25-27)35(2)3)28-19-17-21-30(26-28)36(4)5/h6,14-23,25-26,33H,1,7-13,24H2,2-5H3. The number of fused-ring (bicyclic) bond motifs is 1. The van der Waals surface area contributed by atoms with Crippen molar-refractivity contribution in [1.29, 1.82) is 0 Å². The normalized spacial score (nSPS) is 15.8. The third-order valence-electron chi connectivity index (χ3n) is 7.47. The van der Waals surface area contributed by atoms with Crippen molar-refractivity contribution in [3.05, 3.63) is 102 Å². The molecule has 4 nitrogen and oxygen atoms in total. The van der Waals surface area contributed by atoms with Crippen molar-refractivity contribution in [2.75, 3.05) is 38.0 Å². The number of rotatable bonds is 13. The van der Waals surface area contributed by atoms with Crippen LogP contribution in [-0.4, -0.2) is 34.5 Å². The molecule has 1 aliphatic rings. The lowest BCUT2D eigenvalue weighted by Gasteiger charge is -2.44. The first-order chi connectivity index (χ1) is 18.5. The number of anilines is 2. The number of unbranched alkanes of at least 4 members (excludes halogenated alkanes) is 6. The molecule has 0 amide bonds. The van der Waals surface area contributed by atoms with Crippen molar-refractivity contribution < 1.29 is 9.47 Å². The average Bonchev–Trinajstić information content (AvgIpc) is 2.94. The molecule has 1 unspecified atom stereocenters. The van der Waals surface area contributed by atoms with Crippen LogP contribution in [0.5, 0.6) is 5.75 Å². The van der Waals surface area contributed by atoms with Gasteiger partial charge in [0, 0.05) is 51.5 Å². The van der Waals surface area contributed by atoms with E-state index in [2.05, 4.69) is 117 Å². The highest BCUT2D eigenvalue weighted by atomic mass is 16.7. The number of hydrogen-bond donors (Lipinski definition) is 0. The first-order valence-electron chi connectivity index (χ1n) is 14.1. The molecule has 0 bridgehead atoms. The Morgan fingerprint density at radius 3 is 1.92 bits per heavy atom. The molecule has 1 heterocycles. The lowest BCUT2D eigenvalue weighted by molar-refractivity contribution is -0.166. The van der Waals surface area contributed by atoms with Gasteiger partial charge in [0.2, 0.25) is 6.29 Å². The second-order valence-corrected chi connectivity index (χ2v) is 10.7. The molecule has 0 aliphatic carbocycles. The number of allylic oxidation sites excluding steroid dienone is 1. The van der Waals surface area contributed by atoms with Crippen LogP contribution in [0.3, 0.4) is 0 Å². The number of ether oxygens (including phenoxy) is 2. The van der Waals surface area contributed by atoms with Gasteiger partial charge >= 0.3 is 0 Å². The summed E-state index contributed by atoms with van der Waals surface area (Å²) in [6.07, 6.45) is 11.0. The first kappa shape index (κ1) is 27.8. The van der Waals surface area contributed by atoms with Gasteiger partial charge in [-0.25, -0.2) is 0 Å². The van der Waals surface area contributed by atoms with Crippen LogP contribution < -0.4 is 14.5 Å². The maximum atomic E-state index is 7.13. The molecule has 0 saturated carbocycles. The maximum Gasteiger partial charge on any atom is 0.201 e. The molecule has 0 N–H and O–H groups in total. The molecule has 1 aliphatic heterocycles. The molecule has 0 spiro atoms. The zero-order valence-corrected chi connectivity index (χ0v) is 23.7. The van der Waals surface area contributed by atoms with Gasteiger partial charge in [0.05, 0.1) is 0 Å². The van der Waals surface area contributed by atoms with Crippen molar-refractivity contribution in [1.82, 2.24) is 0 Å². The molecule has 0 fully saturated rings. The summed E-state index contributed by atoms with van der Waals surface area (Å²) in [7, 11) is 8.32. The molecule has 0 radical (unpaired) electrons. The second-order valence-electron chi connectivity index (χ2n) is 10.7. The fraction of sp³-hybridized carbons (Fsp3) is 0.412. The fourth-order valence-corrected chi connectivity index (χ4v) is 5.33. The van der Waals surface area contributed by atoms with Gasteiger partial charge in [-0.05, 0) is 60.7 Å². The van der Waals surface area contributed by atoms with Crippen LogP contribution in [0.25, 0.3) is 0 Å². The van der Waals surface area contributed by atoms with Crippen molar-refractivity contribution in [3.63, 3.8) is 0 Å².